The molecule has 1 N–H and O–H groups in total. The lowest BCUT2D eigenvalue weighted by molar-refractivity contribution is -0.132. The van der Waals surface area contributed by atoms with E-state index >= 15 is 0 Å². The van der Waals surface area contributed by atoms with Crippen LogP contribution < -0.4 is 10.3 Å². The van der Waals surface area contributed by atoms with Gasteiger partial charge in [-0.2, -0.15) is 0 Å². The Labute approximate surface area is 163 Å². The number of carbonyl (C=O) groups is 1. The summed E-state index contributed by atoms with van der Waals surface area (Å²) >= 11 is 0. The number of benzene rings is 2. The molecular weight excluding hydrogens is 354 g/mol. The number of aryl methyl sites for hydroxylation is 1. The van der Waals surface area contributed by atoms with E-state index in [9.17, 15) is 9.59 Å². The Morgan fingerprint density at radius 3 is 2.64 bits per heavy atom. The Balaban J connectivity index is 1.44. The summed E-state index contributed by atoms with van der Waals surface area (Å²) in [5.74, 6) is 1.45. The number of aromatic amines is 1. The van der Waals surface area contributed by atoms with E-state index in [2.05, 4.69) is 9.97 Å². The molecule has 4 rings (SSSR count). The second kappa shape index (κ2) is 7.84. The highest BCUT2D eigenvalue weighted by atomic mass is 16.5. The van der Waals surface area contributed by atoms with Crippen molar-refractivity contribution in [1.82, 2.24) is 14.9 Å². The van der Waals surface area contributed by atoms with Crippen LogP contribution in [-0.2, 0) is 17.8 Å². The van der Waals surface area contributed by atoms with Gasteiger partial charge >= 0.3 is 0 Å². The highest BCUT2D eigenvalue weighted by Crippen LogP contribution is 2.29. The van der Waals surface area contributed by atoms with E-state index in [0.717, 1.165) is 24.2 Å². The number of nitrogens with zero attached hydrogens (tertiary/aromatic N) is 2. The first kappa shape index (κ1) is 18.2. The van der Waals surface area contributed by atoms with Gasteiger partial charge in [-0.05, 0) is 42.7 Å². The number of amides is 1. The zero-order valence-corrected chi connectivity index (χ0v) is 15.9. The van der Waals surface area contributed by atoms with Gasteiger partial charge in [0.25, 0.3) is 5.56 Å². The Bertz CT molecular complexity index is 1040. The summed E-state index contributed by atoms with van der Waals surface area (Å²) in [6, 6.07) is 15.4. The molecule has 0 atom stereocenters. The van der Waals surface area contributed by atoms with Gasteiger partial charge in [0.05, 0.1) is 18.0 Å². The van der Waals surface area contributed by atoms with Crippen LogP contribution in [0.1, 0.15) is 30.7 Å². The first-order valence-electron chi connectivity index (χ1n) is 9.54. The van der Waals surface area contributed by atoms with Gasteiger partial charge in [-0.1, -0.05) is 24.3 Å². The molecular formula is C22H23N3O3. The minimum absolute atomic E-state index is 0.0918. The molecule has 6 heteroatoms. The van der Waals surface area contributed by atoms with Gasteiger partial charge in [-0.25, -0.2) is 4.98 Å². The van der Waals surface area contributed by atoms with Gasteiger partial charge in [-0.15, -0.1) is 0 Å². The lowest BCUT2D eigenvalue weighted by Crippen LogP contribution is -2.33. The summed E-state index contributed by atoms with van der Waals surface area (Å²) in [5.41, 5.74) is 1.58. The number of methoxy groups -OCH3 is 1. The molecule has 3 aromatic rings. The summed E-state index contributed by atoms with van der Waals surface area (Å²) < 4.78 is 5.19. The Kier molecular flexibility index (Phi) is 5.10. The number of fused-ring (bicyclic) bond motifs is 1. The minimum atomic E-state index is -0.162. The number of carbonyl (C=O) groups excluding carboxylic acids is 1. The topological polar surface area (TPSA) is 75.3 Å². The summed E-state index contributed by atoms with van der Waals surface area (Å²) in [4.78, 5) is 34.3. The van der Waals surface area contributed by atoms with Crippen LogP contribution in [0.2, 0.25) is 0 Å². The van der Waals surface area contributed by atoms with Crippen molar-refractivity contribution in [3.8, 4) is 5.75 Å². The molecule has 1 aliphatic carbocycles. The highest BCUT2D eigenvalue weighted by molar-refractivity contribution is 5.78. The Hall–Kier alpha value is -3.15. The van der Waals surface area contributed by atoms with Crippen molar-refractivity contribution in [3.63, 3.8) is 0 Å². The molecule has 1 aliphatic rings. The molecule has 144 valence electrons. The highest BCUT2D eigenvalue weighted by Gasteiger charge is 2.32. The molecule has 1 amide bonds. The fourth-order valence-corrected chi connectivity index (χ4v) is 3.36. The molecule has 1 fully saturated rings. The van der Waals surface area contributed by atoms with Crippen molar-refractivity contribution in [2.45, 2.75) is 38.3 Å². The number of para-hydroxylation sites is 1. The maximum atomic E-state index is 12.9. The van der Waals surface area contributed by atoms with Gasteiger partial charge in [0.1, 0.15) is 11.6 Å². The average molecular weight is 377 g/mol. The maximum Gasteiger partial charge on any atom is 0.258 e. The summed E-state index contributed by atoms with van der Waals surface area (Å²) in [6.07, 6.45) is 2.85. The summed E-state index contributed by atoms with van der Waals surface area (Å²) in [5, 5.41) is 0.566. The maximum absolute atomic E-state index is 12.9. The van der Waals surface area contributed by atoms with Crippen LogP contribution in [0.5, 0.6) is 5.75 Å². The third-order valence-electron chi connectivity index (χ3n) is 5.06. The van der Waals surface area contributed by atoms with Crippen LogP contribution in [0, 0.1) is 0 Å². The average Bonchev–Trinajstić information content (AvgIpc) is 3.56. The predicted octanol–water partition coefficient (Wildman–Crippen LogP) is 3.06. The predicted molar refractivity (Wildman–Crippen MR) is 107 cm³/mol. The molecule has 2 aromatic carbocycles. The molecule has 0 bridgehead atoms. The van der Waals surface area contributed by atoms with Gasteiger partial charge in [0.2, 0.25) is 5.91 Å². The second-order valence-electron chi connectivity index (χ2n) is 7.13. The normalized spacial score (nSPS) is 13.5. The van der Waals surface area contributed by atoms with E-state index in [1.165, 1.54) is 0 Å². The molecule has 0 unspecified atom stereocenters. The zero-order valence-electron chi connectivity index (χ0n) is 15.9. The second-order valence-corrected chi connectivity index (χ2v) is 7.13. The van der Waals surface area contributed by atoms with Crippen molar-refractivity contribution >= 4 is 16.8 Å². The van der Waals surface area contributed by atoms with E-state index in [1.807, 2.05) is 47.4 Å². The number of hydrogen-bond acceptors (Lipinski definition) is 4. The zero-order chi connectivity index (χ0) is 19.5. The van der Waals surface area contributed by atoms with Crippen LogP contribution in [0.3, 0.4) is 0 Å². The third kappa shape index (κ3) is 4.06. The first-order valence-corrected chi connectivity index (χ1v) is 9.54. The monoisotopic (exact) mass is 377 g/mol. The minimum Gasteiger partial charge on any atom is -0.497 e. The van der Waals surface area contributed by atoms with E-state index in [0.29, 0.717) is 42.2 Å². The van der Waals surface area contributed by atoms with Gasteiger partial charge in [-0.3, -0.25) is 9.59 Å². The van der Waals surface area contributed by atoms with Crippen molar-refractivity contribution in [2.75, 3.05) is 7.11 Å². The standard InChI is InChI=1S/C22H23N3O3/c1-28-17-10-6-15(7-11-17)14-25(16-8-9-16)21(26)13-12-20-23-19-5-3-2-4-18(19)22(27)24-20/h2-7,10-11,16H,8-9,12-14H2,1H3,(H,23,24,27). The summed E-state index contributed by atoms with van der Waals surface area (Å²) in [6.45, 7) is 0.592. The molecule has 0 aliphatic heterocycles. The van der Waals surface area contributed by atoms with Gasteiger partial charge in [0.15, 0.2) is 0 Å². The van der Waals surface area contributed by atoms with E-state index in [-0.39, 0.29) is 11.5 Å². The quantitative estimate of drug-likeness (QED) is 0.687. The Morgan fingerprint density at radius 1 is 1.18 bits per heavy atom. The van der Waals surface area contributed by atoms with Crippen LogP contribution in [0.4, 0.5) is 0 Å². The third-order valence-corrected chi connectivity index (χ3v) is 5.06. The molecule has 0 saturated heterocycles. The lowest BCUT2D eigenvalue weighted by Gasteiger charge is -2.22. The van der Waals surface area contributed by atoms with Crippen LogP contribution in [-0.4, -0.2) is 33.9 Å². The van der Waals surface area contributed by atoms with Gasteiger partial charge < -0.3 is 14.6 Å². The Morgan fingerprint density at radius 2 is 1.93 bits per heavy atom. The SMILES string of the molecule is COc1ccc(CN(C(=O)CCc2nc3ccccc3c(=O)[nH]2)C2CC2)cc1. The van der Waals surface area contributed by atoms with Crippen molar-refractivity contribution < 1.29 is 9.53 Å². The largest absolute Gasteiger partial charge is 0.497 e. The van der Waals surface area contributed by atoms with Crippen molar-refractivity contribution in [3.05, 3.63) is 70.3 Å². The van der Waals surface area contributed by atoms with E-state index in [1.54, 1.807) is 13.2 Å². The van der Waals surface area contributed by atoms with E-state index < -0.39 is 0 Å². The molecule has 6 nitrogen and oxygen atoms in total. The smallest absolute Gasteiger partial charge is 0.258 e. The van der Waals surface area contributed by atoms with E-state index in [4.69, 9.17) is 4.74 Å². The molecule has 1 aromatic heterocycles. The first-order chi connectivity index (χ1) is 13.6. The number of hydrogen-bond donors (Lipinski definition) is 1. The number of H-pyrrole nitrogens is 1. The van der Waals surface area contributed by atoms with Gasteiger partial charge in [0, 0.05) is 25.4 Å². The molecule has 1 heterocycles. The molecule has 28 heavy (non-hydrogen) atoms. The van der Waals surface area contributed by atoms with Crippen molar-refractivity contribution in [2.24, 2.45) is 0 Å². The number of aromatic nitrogens is 2. The summed E-state index contributed by atoms with van der Waals surface area (Å²) in [7, 11) is 1.64. The number of rotatable bonds is 7. The van der Waals surface area contributed by atoms with Crippen LogP contribution in [0.25, 0.3) is 10.9 Å². The van der Waals surface area contributed by atoms with Crippen LogP contribution in [0.15, 0.2) is 53.3 Å². The molecule has 1 saturated carbocycles. The van der Waals surface area contributed by atoms with Crippen LogP contribution >= 0.6 is 0 Å². The fourth-order valence-electron chi connectivity index (χ4n) is 3.36. The fraction of sp³-hybridized carbons (Fsp3) is 0.318. The number of nitrogens with one attached hydrogen (secondary N) is 1. The molecule has 0 radical (unpaired) electrons. The van der Waals surface area contributed by atoms with Crippen molar-refractivity contribution in [1.29, 1.82) is 0 Å². The number of ether oxygens (including phenoxy) is 1. The molecule has 0 spiro atoms. The lowest BCUT2D eigenvalue weighted by atomic mass is 10.1.